The van der Waals surface area contributed by atoms with E-state index in [9.17, 15) is 49.1 Å². The van der Waals surface area contributed by atoms with Crippen LogP contribution in [0.1, 0.15) is 38.8 Å². The first kappa shape index (κ1) is 29.7. The number of benzene rings is 2. The summed E-state index contributed by atoms with van der Waals surface area (Å²) in [6, 6.07) is 4.44. The van der Waals surface area contributed by atoms with Crippen molar-refractivity contribution in [2.45, 2.75) is 37.9 Å². The molecule has 0 aliphatic rings. The molecule has 0 aliphatic heterocycles. The fourth-order valence-corrected chi connectivity index (χ4v) is 4.22. The average molecular weight is 606 g/mol. The lowest BCUT2D eigenvalue weighted by atomic mass is 9.92. The molecule has 6 nitrogen and oxygen atoms in total. The predicted molar refractivity (Wildman–Crippen MR) is 119 cm³/mol. The van der Waals surface area contributed by atoms with E-state index in [4.69, 9.17) is 0 Å². The van der Waals surface area contributed by atoms with E-state index in [1.54, 1.807) is 0 Å². The Morgan fingerprint density at radius 3 is 2.11 bits per heavy atom. The lowest BCUT2D eigenvalue weighted by molar-refractivity contribution is -0.348. The zero-order chi connectivity index (χ0) is 27.6. The van der Waals surface area contributed by atoms with E-state index in [0.717, 1.165) is 6.92 Å². The second-order valence-electron chi connectivity index (χ2n) is 7.65. The number of halogens is 8. The van der Waals surface area contributed by atoms with Gasteiger partial charge in [0.15, 0.2) is 0 Å². The van der Waals surface area contributed by atoms with Crippen LogP contribution in [0.5, 0.6) is 0 Å². The van der Waals surface area contributed by atoms with Crippen molar-refractivity contribution >= 4 is 44.5 Å². The number of hydrogen-bond acceptors (Lipinski definition) is 4. The Morgan fingerprint density at radius 1 is 1.03 bits per heavy atom. The first-order chi connectivity index (χ1) is 16.4. The summed E-state index contributed by atoms with van der Waals surface area (Å²) in [5, 5.41) is 4.66. The van der Waals surface area contributed by atoms with Gasteiger partial charge in [0, 0.05) is 27.5 Å². The number of amides is 2. The predicted octanol–water partition coefficient (Wildman–Crippen LogP) is 5.30. The minimum atomic E-state index is -6.29. The van der Waals surface area contributed by atoms with Crippen molar-refractivity contribution in [2.75, 3.05) is 11.1 Å². The molecule has 0 bridgehead atoms. The number of nitrogens with one attached hydrogen (secondary N) is 2. The first-order valence-corrected chi connectivity index (χ1v) is 11.8. The molecule has 2 atom stereocenters. The van der Waals surface area contributed by atoms with Gasteiger partial charge in [-0.15, -0.1) is 0 Å². The van der Waals surface area contributed by atoms with Gasteiger partial charge >= 0.3 is 18.0 Å². The highest BCUT2D eigenvalue weighted by molar-refractivity contribution is 9.10. The summed E-state index contributed by atoms with van der Waals surface area (Å²) >= 11 is 0.648. The summed E-state index contributed by atoms with van der Waals surface area (Å²) in [6.07, 6.45) is -12.6. The molecule has 2 rings (SSSR count). The Hall–Kier alpha value is -2.52. The van der Waals surface area contributed by atoms with Crippen molar-refractivity contribution in [1.29, 1.82) is 0 Å². The molecule has 15 heteroatoms. The van der Waals surface area contributed by atoms with Crippen LogP contribution in [0.2, 0.25) is 0 Å². The van der Waals surface area contributed by atoms with Gasteiger partial charge in [-0.25, -0.2) is 4.39 Å². The van der Waals surface area contributed by atoms with Gasteiger partial charge in [-0.05, 0) is 53.5 Å². The number of aryl methyl sites for hydroxylation is 1. The third-order valence-electron chi connectivity index (χ3n) is 4.90. The van der Waals surface area contributed by atoms with Crippen LogP contribution >= 0.6 is 15.9 Å². The van der Waals surface area contributed by atoms with E-state index in [0.29, 0.717) is 12.1 Å². The molecule has 1 unspecified atom stereocenters. The third kappa shape index (κ3) is 6.24. The number of carbonyl (C=O) groups excluding carboxylic acids is 2. The Bertz CT molecular complexity index is 1170. The molecule has 0 aromatic heterocycles. The molecule has 2 amide bonds. The van der Waals surface area contributed by atoms with Crippen LogP contribution in [0, 0.1) is 6.92 Å². The van der Waals surface area contributed by atoms with Gasteiger partial charge in [0.25, 0.3) is 11.8 Å². The normalized spacial score (nSPS) is 14.2. The largest absolute Gasteiger partial charge is 0.772 e. The number of carbonyl (C=O) groups is 2. The quantitative estimate of drug-likeness (QED) is 0.331. The van der Waals surface area contributed by atoms with Crippen LogP contribution in [0.4, 0.5) is 36.4 Å². The van der Waals surface area contributed by atoms with Crippen LogP contribution in [0.25, 0.3) is 0 Å². The maximum atomic E-state index is 14.3. The second-order valence-corrected chi connectivity index (χ2v) is 9.44. The van der Waals surface area contributed by atoms with Gasteiger partial charge in [-0.3, -0.25) is 13.8 Å². The molecule has 0 heterocycles. The summed E-state index contributed by atoms with van der Waals surface area (Å²) < 4.78 is 114. The van der Waals surface area contributed by atoms with Crippen molar-refractivity contribution in [1.82, 2.24) is 5.32 Å². The van der Waals surface area contributed by atoms with Crippen LogP contribution in [-0.4, -0.2) is 44.7 Å². The molecule has 198 valence electrons. The SMILES string of the molecule is Cc1cc(C(F)(C(F)(F)F)C(F)(F)F)ccc1NC(=O)c1cccc(Br)c1C(=O)N[C@@H](C)CS(=O)[O-]. The van der Waals surface area contributed by atoms with Crippen molar-refractivity contribution in [3.05, 3.63) is 63.1 Å². The highest BCUT2D eigenvalue weighted by atomic mass is 79.9. The molecular formula is C21H17BrF7N2O4S-. The minimum Gasteiger partial charge on any atom is -0.772 e. The van der Waals surface area contributed by atoms with Crippen LogP contribution in [-0.2, 0) is 16.7 Å². The minimum absolute atomic E-state index is 0.146. The van der Waals surface area contributed by atoms with Gasteiger partial charge in [-0.1, -0.05) is 29.3 Å². The summed E-state index contributed by atoms with van der Waals surface area (Å²) in [6.45, 7) is 2.47. The zero-order valence-electron chi connectivity index (χ0n) is 18.3. The van der Waals surface area contributed by atoms with Crippen molar-refractivity contribution in [3.8, 4) is 0 Å². The van der Waals surface area contributed by atoms with E-state index < -0.39 is 58.3 Å². The Balaban J connectivity index is 2.40. The molecule has 2 aromatic rings. The highest BCUT2D eigenvalue weighted by Crippen LogP contribution is 2.53. The number of rotatable bonds is 7. The summed E-state index contributed by atoms with van der Waals surface area (Å²) in [5.41, 5.74) is -8.35. The van der Waals surface area contributed by atoms with E-state index in [1.165, 1.54) is 25.1 Å². The van der Waals surface area contributed by atoms with Gasteiger partial charge in [0.1, 0.15) is 0 Å². The lowest BCUT2D eigenvalue weighted by Crippen LogP contribution is -2.50. The molecule has 0 saturated heterocycles. The molecule has 0 aliphatic carbocycles. The molecule has 36 heavy (non-hydrogen) atoms. The maximum absolute atomic E-state index is 14.3. The molecule has 2 aromatic carbocycles. The fraction of sp³-hybridized carbons (Fsp3) is 0.333. The summed E-state index contributed by atoms with van der Waals surface area (Å²) in [7, 11) is 0. The Kier molecular flexibility index (Phi) is 8.95. The van der Waals surface area contributed by atoms with Crippen molar-refractivity contribution in [3.63, 3.8) is 0 Å². The van der Waals surface area contributed by atoms with Gasteiger partial charge < -0.3 is 15.2 Å². The molecule has 2 N–H and O–H groups in total. The second kappa shape index (κ2) is 10.8. The topological polar surface area (TPSA) is 98.3 Å². The van der Waals surface area contributed by atoms with E-state index in [1.807, 2.05) is 0 Å². The van der Waals surface area contributed by atoms with Gasteiger partial charge in [-0.2, -0.15) is 26.3 Å². The Labute approximate surface area is 211 Å². The maximum Gasteiger partial charge on any atom is 0.435 e. The summed E-state index contributed by atoms with van der Waals surface area (Å²) in [5.74, 6) is -2.19. The van der Waals surface area contributed by atoms with E-state index in [-0.39, 0.29) is 32.9 Å². The molecule has 0 saturated carbocycles. The molecule has 0 fully saturated rings. The van der Waals surface area contributed by atoms with Crippen molar-refractivity contribution < 1.29 is 49.1 Å². The van der Waals surface area contributed by atoms with Gasteiger partial charge in [0.2, 0.25) is 0 Å². The highest BCUT2D eigenvalue weighted by Gasteiger charge is 2.73. The Morgan fingerprint density at radius 2 is 1.61 bits per heavy atom. The van der Waals surface area contributed by atoms with Crippen LogP contribution in [0.3, 0.4) is 0 Å². The third-order valence-corrected chi connectivity index (χ3v) is 6.34. The molecule has 0 spiro atoms. The van der Waals surface area contributed by atoms with E-state index in [2.05, 4.69) is 26.6 Å². The van der Waals surface area contributed by atoms with Crippen LogP contribution in [0.15, 0.2) is 40.9 Å². The number of anilines is 1. The number of alkyl halides is 7. The van der Waals surface area contributed by atoms with Crippen molar-refractivity contribution in [2.24, 2.45) is 0 Å². The van der Waals surface area contributed by atoms with Crippen LogP contribution < -0.4 is 10.6 Å². The smallest absolute Gasteiger partial charge is 0.435 e. The molecule has 0 radical (unpaired) electrons. The first-order valence-electron chi connectivity index (χ1n) is 9.80. The fourth-order valence-electron chi connectivity index (χ4n) is 3.18. The lowest BCUT2D eigenvalue weighted by Gasteiger charge is -2.30. The van der Waals surface area contributed by atoms with Gasteiger partial charge in [0.05, 0.1) is 11.1 Å². The summed E-state index contributed by atoms with van der Waals surface area (Å²) in [4.78, 5) is 25.5. The number of hydrogen-bond donors (Lipinski definition) is 2. The standard InChI is InChI=1S/C21H18BrF7N2O4S/c1-10-8-12(19(23,20(24,25)26)21(27,28)29)6-7-15(10)31-17(32)13-4-3-5-14(22)16(13)18(33)30-11(2)9-36(34)35/h3-8,11H,9H2,1-2H3,(H,30,33)(H,31,32)(H,34,35)/p-1/t11-/m0/s1. The zero-order valence-corrected chi connectivity index (χ0v) is 20.7. The van der Waals surface area contributed by atoms with E-state index >= 15 is 0 Å². The molecular weight excluding hydrogens is 589 g/mol. The monoisotopic (exact) mass is 605 g/mol. The average Bonchev–Trinajstić information content (AvgIpc) is 2.71.